The third-order valence-electron chi connectivity index (χ3n) is 1.80. The topological polar surface area (TPSA) is 25.8 Å². The summed E-state index contributed by atoms with van der Waals surface area (Å²) in [5, 5.41) is 9.11. The average Bonchev–Trinajstić information content (AvgIpc) is 2.46. The van der Waals surface area contributed by atoms with Gasteiger partial charge in [0.15, 0.2) is 0 Å². The lowest BCUT2D eigenvalue weighted by Gasteiger charge is -1.95. The first kappa shape index (κ1) is 7.68. The first-order valence-electron chi connectivity index (χ1n) is 3.98. The zero-order chi connectivity index (χ0) is 8.55. The van der Waals surface area contributed by atoms with Crippen molar-refractivity contribution in [3.05, 3.63) is 23.2 Å². The Balaban J connectivity index is 2.62. The Labute approximate surface area is 75.3 Å². The fourth-order valence-corrected chi connectivity index (χ4v) is 2.07. The Morgan fingerprint density at radius 3 is 2.92 bits per heavy atom. The molecule has 62 valence electrons. The Morgan fingerprint density at radius 1 is 1.42 bits per heavy atom. The van der Waals surface area contributed by atoms with Gasteiger partial charge in [-0.15, -0.1) is 16.4 Å². The summed E-state index contributed by atoms with van der Waals surface area (Å²) in [6, 6.07) is 4.20. The molecular formula is C9H10N2S. The molecule has 0 amide bonds. The Hall–Kier alpha value is -0.960. The zero-order valence-electron chi connectivity index (χ0n) is 7.11. The predicted molar refractivity (Wildman–Crippen MR) is 51.5 cm³/mol. The minimum Gasteiger partial charge on any atom is -0.158 e. The SMILES string of the molecule is CC(C)c1cc2ccnnc2s1. The van der Waals surface area contributed by atoms with Gasteiger partial charge in [-0.2, -0.15) is 5.10 Å². The van der Waals surface area contributed by atoms with Crippen LogP contribution in [0.3, 0.4) is 0 Å². The van der Waals surface area contributed by atoms with Gasteiger partial charge in [0.05, 0.1) is 6.20 Å². The average molecular weight is 178 g/mol. The number of fused-ring (bicyclic) bond motifs is 1. The van der Waals surface area contributed by atoms with Crippen LogP contribution in [0.4, 0.5) is 0 Å². The van der Waals surface area contributed by atoms with E-state index in [9.17, 15) is 0 Å². The molecule has 0 aliphatic rings. The highest BCUT2D eigenvalue weighted by molar-refractivity contribution is 7.18. The third kappa shape index (κ3) is 1.20. The highest BCUT2D eigenvalue weighted by atomic mass is 32.1. The Kier molecular flexibility index (Phi) is 1.81. The molecule has 2 heterocycles. The third-order valence-corrected chi connectivity index (χ3v) is 3.13. The second-order valence-corrected chi connectivity index (χ2v) is 4.16. The molecule has 0 N–H and O–H groups in total. The Bertz CT molecular complexity index is 359. The van der Waals surface area contributed by atoms with Gasteiger partial charge in [0, 0.05) is 10.3 Å². The van der Waals surface area contributed by atoms with Gasteiger partial charge in [0.1, 0.15) is 4.83 Å². The molecule has 0 fully saturated rings. The number of hydrogen-bond donors (Lipinski definition) is 0. The fraction of sp³-hybridized carbons (Fsp3) is 0.333. The van der Waals surface area contributed by atoms with Gasteiger partial charge in [-0.1, -0.05) is 13.8 Å². The van der Waals surface area contributed by atoms with Crippen molar-refractivity contribution in [1.82, 2.24) is 10.2 Å². The largest absolute Gasteiger partial charge is 0.158 e. The molecule has 12 heavy (non-hydrogen) atoms. The quantitative estimate of drug-likeness (QED) is 0.671. The van der Waals surface area contributed by atoms with Gasteiger partial charge in [-0.05, 0) is 18.1 Å². The van der Waals surface area contributed by atoms with E-state index in [2.05, 4.69) is 30.1 Å². The molecular weight excluding hydrogens is 168 g/mol. The number of nitrogens with zero attached hydrogens (tertiary/aromatic N) is 2. The molecule has 0 radical (unpaired) electrons. The van der Waals surface area contributed by atoms with E-state index in [0.29, 0.717) is 5.92 Å². The summed E-state index contributed by atoms with van der Waals surface area (Å²) in [5.74, 6) is 0.587. The number of hydrogen-bond acceptors (Lipinski definition) is 3. The number of thiophene rings is 1. The van der Waals surface area contributed by atoms with E-state index < -0.39 is 0 Å². The summed E-state index contributed by atoms with van der Waals surface area (Å²) in [6.45, 7) is 4.39. The van der Waals surface area contributed by atoms with Crippen LogP contribution in [-0.4, -0.2) is 10.2 Å². The van der Waals surface area contributed by atoms with Crippen LogP contribution in [0.15, 0.2) is 18.3 Å². The molecule has 0 aromatic carbocycles. The van der Waals surface area contributed by atoms with Gasteiger partial charge in [0.2, 0.25) is 0 Å². The molecule has 2 nitrogen and oxygen atoms in total. The second-order valence-electron chi connectivity index (χ2n) is 3.10. The molecule has 0 spiro atoms. The maximum Gasteiger partial charge on any atom is 0.146 e. The van der Waals surface area contributed by atoms with E-state index in [1.54, 1.807) is 17.5 Å². The molecule has 2 aromatic heterocycles. The molecule has 0 aliphatic carbocycles. The summed E-state index contributed by atoms with van der Waals surface area (Å²) in [5.41, 5.74) is 0. The first-order chi connectivity index (χ1) is 5.77. The van der Waals surface area contributed by atoms with E-state index in [0.717, 1.165) is 4.83 Å². The first-order valence-corrected chi connectivity index (χ1v) is 4.80. The van der Waals surface area contributed by atoms with Crippen LogP contribution in [0.1, 0.15) is 24.6 Å². The van der Waals surface area contributed by atoms with Crippen LogP contribution in [0.5, 0.6) is 0 Å². The summed E-state index contributed by atoms with van der Waals surface area (Å²) in [6.07, 6.45) is 1.74. The standard InChI is InChI=1S/C9H10N2S/c1-6(2)8-5-7-3-4-10-11-9(7)12-8/h3-6H,1-2H3. The van der Waals surface area contributed by atoms with Gasteiger partial charge in [0.25, 0.3) is 0 Å². The maximum atomic E-state index is 4.05. The van der Waals surface area contributed by atoms with Gasteiger partial charge >= 0.3 is 0 Å². The molecule has 3 heteroatoms. The minimum absolute atomic E-state index is 0.587. The molecule has 0 saturated carbocycles. The fourth-order valence-electron chi connectivity index (χ4n) is 1.10. The molecule has 0 aliphatic heterocycles. The molecule has 0 unspecified atom stereocenters. The lowest BCUT2D eigenvalue weighted by Crippen LogP contribution is -1.77. The smallest absolute Gasteiger partial charge is 0.146 e. The van der Waals surface area contributed by atoms with Crippen molar-refractivity contribution in [2.24, 2.45) is 0 Å². The summed E-state index contributed by atoms with van der Waals surface area (Å²) in [4.78, 5) is 2.42. The van der Waals surface area contributed by atoms with Crippen molar-refractivity contribution in [2.75, 3.05) is 0 Å². The van der Waals surface area contributed by atoms with E-state index in [1.165, 1.54) is 10.3 Å². The lowest BCUT2D eigenvalue weighted by atomic mass is 10.2. The predicted octanol–water partition coefficient (Wildman–Crippen LogP) is 2.81. The van der Waals surface area contributed by atoms with Crippen molar-refractivity contribution in [2.45, 2.75) is 19.8 Å². The van der Waals surface area contributed by atoms with Gasteiger partial charge in [-0.25, -0.2) is 0 Å². The number of rotatable bonds is 1. The number of aromatic nitrogens is 2. The van der Waals surface area contributed by atoms with E-state index >= 15 is 0 Å². The highest BCUT2D eigenvalue weighted by Crippen LogP contribution is 2.28. The zero-order valence-corrected chi connectivity index (χ0v) is 7.93. The molecule has 2 rings (SSSR count). The highest BCUT2D eigenvalue weighted by Gasteiger charge is 2.05. The van der Waals surface area contributed by atoms with Crippen molar-refractivity contribution in [3.8, 4) is 0 Å². The molecule has 0 bridgehead atoms. The second kappa shape index (κ2) is 2.83. The lowest BCUT2D eigenvalue weighted by molar-refractivity contribution is 0.890. The van der Waals surface area contributed by atoms with Gasteiger partial charge < -0.3 is 0 Å². The van der Waals surface area contributed by atoms with E-state index in [-0.39, 0.29) is 0 Å². The van der Waals surface area contributed by atoms with Crippen LogP contribution in [0.2, 0.25) is 0 Å². The molecule has 0 atom stereocenters. The van der Waals surface area contributed by atoms with Crippen molar-refractivity contribution in [3.63, 3.8) is 0 Å². The normalized spacial score (nSPS) is 11.2. The van der Waals surface area contributed by atoms with E-state index in [4.69, 9.17) is 0 Å². The summed E-state index contributed by atoms with van der Waals surface area (Å²) >= 11 is 1.73. The van der Waals surface area contributed by atoms with Crippen molar-refractivity contribution < 1.29 is 0 Å². The van der Waals surface area contributed by atoms with Crippen LogP contribution in [0.25, 0.3) is 10.2 Å². The summed E-state index contributed by atoms with van der Waals surface area (Å²) < 4.78 is 0. The summed E-state index contributed by atoms with van der Waals surface area (Å²) in [7, 11) is 0. The molecule has 2 aromatic rings. The minimum atomic E-state index is 0.587. The van der Waals surface area contributed by atoms with Crippen molar-refractivity contribution >= 4 is 21.6 Å². The van der Waals surface area contributed by atoms with Crippen molar-refractivity contribution in [1.29, 1.82) is 0 Å². The monoisotopic (exact) mass is 178 g/mol. The van der Waals surface area contributed by atoms with Crippen LogP contribution >= 0.6 is 11.3 Å². The van der Waals surface area contributed by atoms with Crippen LogP contribution in [0, 0.1) is 0 Å². The van der Waals surface area contributed by atoms with E-state index in [1.807, 2.05) is 6.07 Å². The Morgan fingerprint density at radius 2 is 2.25 bits per heavy atom. The maximum absolute atomic E-state index is 4.05. The van der Waals surface area contributed by atoms with Crippen LogP contribution in [-0.2, 0) is 0 Å². The molecule has 0 saturated heterocycles. The van der Waals surface area contributed by atoms with Gasteiger partial charge in [-0.3, -0.25) is 0 Å². The van der Waals surface area contributed by atoms with Crippen LogP contribution < -0.4 is 0 Å².